The highest BCUT2D eigenvalue weighted by Crippen LogP contribution is 2.15. The zero-order chi connectivity index (χ0) is 19.2. The van der Waals surface area contributed by atoms with Gasteiger partial charge in [-0.2, -0.15) is 0 Å². The molecule has 0 saturated heterocycles. The second-order valence-electron chi connectivity index (χ2n) is 5.81. The van der Waals surface area contributed by atoms with Gasteiger partial charge in [0.2, 0.25) is 10.0 Å². The lowest BCUT2D eigenvalue weighted by Gasteiger charge is -2.14. The molecule has 0 radical (unpaired) electrons. The Balaban J connectivity index is 1.79. The van der Waals surface area contributed by atoms with E-state index >= 15 is 0 Å². The summed E-state index contributed by atoms with van der Waals surface area (Å²) in [5.74, 6) is 0.479. The van der Waals surface area contributed by atoms with Crippen molar-refractivity contribution in [2.45, 2.75) is 4.90 Å². The molecule has 2 aromatic carbocycles. The number of primary sulfonamides is 1. The van der Waals surface area contributed by atoms with E-state index in [1.807, 2.05) is 7.05 Å². The summed E-state index contributed by atoms with van der Waals surface area (Å²) in [7, 11) is -1.94. The van der Waals surface area contributed by atoms with Crippen molar-refractivity contribution in [1.82, 2.24) is 0 Å². The molecule has 0 aliphatic heterocycles. The molecular formula is C17H21ClN3O4S+. The normalized spacial score (nSPS) is 12.4. The minimum absolute atomic E-state index is 0.0487. The second-order valence-corrected chi connectivity index (χ2v) is 7.81. The first-order valence-electron chi connectivity index (χ1n) is 7.86. The van der Waals surface area contributed by atoms with E-state index < -0.39 is 10.0 Å². The van der Waals surface area contributed by atoms with Crippen molar-refractivity contribution < 1.29 is 22.8 Å². The zero-order valence-electron chi connectivity index (χ0n) is 14.2. The maximum absolute atomic E-state index is 12.1. The van der Waals surface area contributed by atoms with Gasteiger partial charge in [-0.25, -0.2) is 13.6 Å². The minimum Gasteiger partial charge on any atom is -0.488 e. The van der Waals surface area contributed by atoms with Crippen molar-refractivity contribution >= 4 is 33.2 Å². The van der Waals surface area contributed by atoms with E-state index in [1.165, 1.54) is 18.2 Å². The van der Waals surface area contributed by atoms with Gasteiger partial charge < -0.3 is 15.0 Å². The van der Waals surface area contributed by atoms with Gasteiger partial charge in [0.1, 0.15) is 18.9 Å². The Bertz CT molecular complexity index is 857. The van der Waals surface area contributed by atoms with E-state index in [0.29, 0.717) is 29.6 Å². The topological polar surface area (TPSA) is 103 Å². The van der Waals surface area contributed by atoms with E-state index in [-0.39, 0.29) is 17.3 Å². The van der Waals surface area contributed by atoms with Crippen LogP contribution in [0.3, 0.4) is 0 Å². The van der Waals surface area contributed by atoms with Crippen LogP contribution in [0.5, 0.6) is 5.75 Å². The molecule has 0 fully saturated rings. The number of carbonyl (C=O) groups is 1. The average molecular weight is 399 g/mol. The summed E-state index contributed by atoms with van der Waals surface area (Å²) in [5, 5.41) is 8.39. The molecule has 7 nitrogen and oxygen atoms in total. The van der Waals surface area contributed by atoms with Crippen LogP contribution < -0.4 is 20.1 Å². The largest absolute Gasteiger partial charge is 0.488 e. The molecule has 140 valence electrons. The highest BCUT2D eigenvalue weighted by molar-refractivity contribution is 7.89. The van der Waals surface area contributed by atoms with Crippen LogP contribution in [0.1, 0.15) is 0 Å². The third-order valence-corrected chi connectivity index (χ3v) is 4.68. The highest BCUT2D eigenvalue weighted by Gasteiger charge is 2.12. The van der Waals surface area contributed by atoms with Crippen LogP contribution in [0, 0.1) is 0 Å². The van der Waals surface area contributed by atoms with Crippen molar-refractivity contribution in [3.63, 3.8) is 0 Å². The number of nitrogens with one attached hydrogen (secondary N) is 2. The average Bonchev–Trinajstić information content (AvgIpc) is 2.56. The number of nitrogens with two attached hydrogens (primary N) is 1. The fraction of sp³-hybridized carbons (Fsp3) is 0.235. The van der Waals surface area contributed by atoms with Gasteiger partial charge in [-0.15, -0.1) is 0 Å². The summed E-state index contributed by atoms with van der Waals surface area (Å²) >= 11 is 5.81. The molecule has 0 spiro atoms. The van der Waals surface area contributed by atoms with Crippen LogP contribution in [0.15, 0.2) is 53.4 Å². The third kappa shape index (κ3) is 6.64. The maximum atomic E-state index is 12.1. The summed E-state index contributed by atoms with van der Waals surface area (Å²) < 4.78 is 28.3. The van der Waals surface area contributed by atoms with Gasteiger partial charge in [-0.05, 0) is 42.5 Å². The molecule has 0 bridgehead atoms. The van der Waals surface area contributed by atoms with Crippen LogP contribution in [-0.2, 0) is 14.8 Å². The lowest BCUT2D eigenvalue weighted by Crippen LogP contribution is -3.10. The summed E-state index contributed by atoms with van der Waals surface area (Å²) in [6, 6.07) is 12.9. The van der Waals surface area contributed by atoms with Crippen LogP contribution in [0.4, 0.5) is 5.69 Å². The summed E-state index contributed by atoms with van der Waals surface area (Å²) in [4.78, 5) is 13.0. The number of rotatable bonds is 8. The quantitative estimate of drug-likeness (QED) is 0.603. The van der Waals surface area contributed by atoms with Gasteiger partial charge in [0.15, 0.2) is 6.54 Å². The van der Waals surface area contributed by atoms with Gasteiger partial charge in [-0.1, -0.05) is 17.7 Å². The number of sulfonamides is 1. The molecule has 0 saturated carbocycles. The Morgan fingerprint density at radius 1 is 1.23 bits per heavy atom. The number of hydrogen-bond acceptors (Lipinski definition) is 4. The molecule has 4 N–H and O–H groups in total. The van der Waals surface area contributed by atoms with Crippen molar-refractivity contribution in [1.29, 1.82) is 0 Å². The Labute approximate surface area is 157 Å². The van der Waals surface area contributed by atoms with Crippen LogP contribution in [0.2, 0.25) is 5.02 Å². The first-order valence-corrected chi connectivity index (χ1v) is 9.79. The number of quaternary nitrogens is 1. The Morgan fingerprint density at radius 2 is 1.92 bits per heavy atom. The van der Waals surface area contributed by atoms with Crippen LogP contribution in [-0.4, -0.2) is 41.1 Å². The monoisotopic (exact) mass is 398 g/mol. The third-order valence-electron chi connectivity index (χ3n) is 3.52. The Morgan fingerprint density at radius 3 is 2.58 bits per heavy atom. The van der Waals surface area contributed by atoms with Crippen LogP contribution in [0.25, 0.3) is 0 Å². The standard InChI is InChI=1S/C17H20ClN3O4S/c1-21(9-10-25-15-7-5-13(18)6-8-15)12-17(22)20-14-3-2-4-16(11-14)26(19,23)24/h2-8,11H,9-10,12H2,1H3,(H,20,22)(H2,19,23,24)/p+1. The number of likely N-dealkylation sites (N-methyl/N-ethyl adjacent to an activating group) is 1. The first kappa shape index (κ1) is 20.2. The molecule has 2 aromatic rings. The van der Waals surface area contributed by atoms with Crippen molar-refractivity contribution in [3.8, 4) is 5.75 Å². The highest BCUT2D eigenvalue weighted by atomic mass is 35.5. The van der Waals surface area contributed by atoms with Gasteiger partial charge in [-0.3, -0.25) is 4.79 Å². The molecular weight excluding hydrogens is 378 g/mol. The zero-order valence-corrected chi connectivity index (χ0v) is 15.8. The molecule has 1 atom stereocenters. The molecule has 0 aromatic heterocycles. The van der Waals surface area contributed by atoms with Gasteiger partial charge in [0, 0.05) is 10.7 Å². The first-order chi connectivity index (χ1) is 12.2. The molecule has 1 amide bonds. The maximum Gasteiger partial charge on any atom is 0.279 e. The molecule has 26 heavy (non-hydrogen) atoms. The van der Waals surface area contributed by atoms with Crippen LogP contribution >= 0.6 is 11.6 Å². The minimum atomic E-state index is -3.81. The van der Waals surface area contributed by atoms with E-state index in [2.05, 4.69) is 5.32 Å². The number of hydrogen-bond donors (Lipinski definition) is 3. The van der Waals surface area contributed by atoms with Gasteiger partial charge >= 0.3 is 0 Å². The molecule has 0 aliphatic rings. The van der Waals surface area contributed by atoms with E-state index in [9.17, 15) is 13.2 Å². The van der Waals surface area contributed by atoms with Crippen molar-refractivity contribution in [3.05, 3.63) is 53.6 Å². The number of anilines is 1. The lowest BCUT2D eigenvalue weighted by atomic mass is 10.3. The summed E-state index contributed by atoms with van der Waals surface area (Å²) in [6.07, 6.45) is 0. The number of benzene rings is 2. The molecule has 1 unspecified atom stereocenters. The van der Waals surface area contributed by atoms with Crippen molar-refractivity contribution in [2.75, 3.05) is 32.1 Å². The Hall–Kier alpha value is -2.13. The lowest BCUT2D eigenvalue weighted by molar-refractivity contribution is -0.871. The van der Waals surface area contributed by atoms with E-state index in [0.717, 1.165) is 4.90 Å². The SMILES string of the molecule is C[NH+](CCOc1ccc(Cl)cc1)CC(=O)Nc1cccc(S(N)(=O)=O)c1. The van der Waals surface area contributed by atoms with E-state index in [4.69, 9.17) is 21.5 Å². The number of halogens is 1. The Kier molecular flexibility index (Phi) is 6.98. The predicted molar refractivity (Wildman–Crippen MR) is 100 cm³/mol. The van der Waals surface area contributed by atoms with Crippen molar-refractivity contribution in [2.24, 2.45) is 5.14 Å². The molecule has 0 aliphatic carbocycles. The van der Waals surface area contributed by atoms with Gasteiger partial charge in [0.25, 0.3) is 5.91 Å². The van der Waals surface area contributed by atoms with E-state index in [1.54, 1.807) is 30.3 Å². The summed E-state index contributed by atoms with van der Waals surface area (Å²) in [6.45, 7) is 1.28. The predicted octanol–water partition coefficient (Wildman–Crippen LogP) is 0.520. The summed E-state index contributed by atoms with van der Waals surface area (Å²) in [5.41, 5.74) is 0.381. The van der Waals surface area contributed by atoms with Gasteiger partial charge in [0.05, 0.1) is 11.9 Å². The molecule has 0 heterocycles. The number of ether oxygens (including phenoxy) is 1. The second kappa shape index (κ2) is 9.00. The fourth-order valence-electron chi connectivity index (χ4n) is 2.19. The fourth-order valence-corrected chi connectivity index (χ4v) is 2.88. The number of amides is 1. The molecule has 9 heteroatoms. The number of carbonyl (C=O) groups excluding carboxylic acids is 1. The smallest absolute Gasteiger partial charge is 0.279 e. The molecule has 2 rings (SSSR count).